The second-order valence-electron chi connectivity index (χ2n) is 5.48. The fraction of sp³-hybridized carbons (Fsp3) is 0.600. The van der Waals surface area contributed by atoms with Gasteiger partial charge in [0.05, 0.1) is 5.60 Å². The average molecular weight is 286 g/mol. The van der Waals surface area contributed by atoms with E-state index < -0.39 is 5.60 Å². The van der Waals surface area contributed by atoms with Crippen LogP contribution in [0, 0.1) is 5.82 Å². The van der Waals surface area contributed by atoms with E-state index in [-0.39, 0.29) is 5.82 Å². The molecule has 0 saturated heterocycles. The van der Waals surface area contributed by atoms with Gasteiger partial charge in [-0.05, 0) is 25.0 Å². The van der Waals surface area contributed by atoms with Crippen LogP contribution >= 0.6 is 11.6 Å². The molecular weight excluding hydrogens is 265 g/mol. The average Bonchev–Trinajstić information content (AvgIpc) is 2.57. The van der Waals surface area contributed by atoms with Crippen LogP contribution in [0.5, 0.6) is 0 Å². The molecule has 0 bridgehead atoms. The van der Waals surface area contributed by atoms with Gasteiger partial charge in [-0.15, -0.1) is 0 Å². The molecule has 0 atom stereocenters. The van der Waals surface area contributed by atoms with Gasteiger partial charge in [0.1, 0.15) is 5.82 Å². The zero-order valence-electron chi connectivity index (χ0n) is 11.1. The lowest BCUT2D eigenvalue weighted by Crippen LogP contribution is -2.40. The first-order chi connectivity index (χ1) is 9.09. The molecule has 2 rings (SSSR count). The zero-order valence-corrected chi connectivity index (χ0v) is 11.8. The lowest BCUT2D eigenvalue weighted by Gasteiger charge is -2.27. The molecule has 0 radical (unpaired) electrons. The molecule has 0 amide bonds. The first kappa shape index (κ1) is 14.8. The fourth-order valence-electron chi connectivity index (χ4n) is 2.66. The molecule has 106 valence electrons. The van der Waals surface area contributed by atoms with Gasteiger partial charge in [-0.3, -0.25) is 0 Å². The van der Waals surface area contributed by atoms with Crippen LogP contribution in [0.4, 0.5) is 4.39 Å². The van der Waals surface area contributed by atoms with E-state index in [2.05, 4.69) is 5.32 Å². The van der Waals surface area contributed by atoms with Crippen molar-refractivity contribution in [2.24, 2.45) is 0 Å². The molecule has 1 aromatic rings. The molecule has 0 aliphatic heterocycles. The zero-order chi connectivity index (χ0) is 13.7. The van der Waals surface area contributed by atoms with Gasteiger partial charge in [0.2, 0.25) is 0 Å². The molecule has 4 heteroatoms. The van der Waals surface area contributed by atoms with Gasteiger partial charge in [0.15, 0.2) is 0 Å². The number of aliphatic hydroxyl groups is 1. The SMILES string of the molecule is OC1(CNCc2ccc(Cl)cc2F)CCCCCC1. The van der Waals surface area contributed by atoms with Crippen LogP contribution in [0.25, 0.3) is 0 Å². The Hall–Kier alpha value is -0.640. The lowest BCUT2D eigenvalue weighted by molar-refractivity contribution is 0.0250. The Kier molecular flexibility index (Phi) is 5.20. The van der Waals surface area contributed by atoms with Crippen molar-refractivity contribution in [3.63, 3.8) is 0 Å². The number of rotatable bonds is 4. The molecule has 2 N–H and O–H groups in total. The predicted molar refractivity (Wildman–Crippen MR) is 75.8 cm³/mol. The number of hydrogen-bond acceptors (Lipinski definition) is 2. The van der Waals surface area contributed by atoms with Crippen molar-refractivity contribution in [1.82, 2.24) is 5.32 Å². The van der Waals surface area contributed by atoms with E-state index >= 15 is 0 Å². The highest BCUT2D eigenvalue weighted by molar-refractivity contribution is 6.30. The lowest BCUT2D eigenvalue weighted by atomic mass is 9.94. The van der Waals surface area contributed by atoms with Crippen molar-refractivity contribution in [3.05, 3.63) is 34.6 Å². The van der Waals surface area contributed by atoms with E-state index in [0.29, 0.717) is 23.7 Å². The standard InChI is InChI=1S/C15H21ClFNO/c16-13-6-5-12(14(17)9-13)10-18-11-15(19)7-3-1-2-4-8-15/h5-6,9,18-19H,1-4,7-8,10-11H2. The first-order valence-corrected chi connectivity index (χ1v) is 7.34. The Morgan fingerprint density at radius 1 is 1.21 bits per heavy atom. The van der Waals surface area contributed by atoms with Gasteiger partial charge in [-0.2, -0.15) is 0 Å². The molecule has 1 fully saturated rings. The summed E-state index contributed by atoms with van der Waals surface area (Å²) in [5.74, 6) is -0.298. The molecule has 1 aliphatic rings. The van der Waals surface area contributed by atoms with E-state index in [1.54, 1.807) is 12.1 Å². The molecular formula is C15H21ClFNO. The summed E-state index contributed by atoms with van der Waals surface area (Å²) in [4.78, 5) is 0. The summed E-state index contributed by atoms with van der Waals surface area (Å²) >= 11 is 5.71. The monoisotopic (exact) mass is 285 g/mol. The summed E-state index contributed by atoms with van der Waals surface area (Å²) in [6.45, 7) is 0.945. The third-order valence-electron chi connectivity index (χ3n) is 3.82. The van der Waals surface area contributed by atoms with Crippen molar-refractivity contribution in [3.8, 4) is 0 Å². The molecule has 0 aromatic heterocycles. The topological polar surface area (TPSA) is 32.3 Å². The maximum atomic E-state index is 13.6. The van der Waals surface area contributed by atoms with Crippen LogP contribution in [-0.2, 0) is 6.54 Å². The molecule has 0 heterocycles. The smallest absolute Gasteiger partial charge is 0.129 e. The van der Waals surface area contributed by atoms with Gasteiger partial charge in [-0.25, -0.2) is 4.39 Å². The molecule has 1 aliphatic carbocycles. The first-order valence-electron chi connectivity index (χ1n) is 6.96. The van der Waals surface area contributed by atoms with E-state index in [0.717, 1.165) is 25.7 Å². The van der Waals surface area contributed by atoms with Crippen molar-refractivity contribution >= 4 is 11.6 Å². The highest BCUT2D eigenvalue weighted by Crippen LogP contribution is 2.26. The maximum absolute atomic E-state index is 13.6. The van der Waals surface area contributed by atoms with Crippen molar-refractivity contribution in [1.29, 1.82) is 0 Å². The normalized spacial score (nSPS) is 19.1. The molecule has 0 spiro atoms. The minimum absolute atomic E-state index is 0.298. The van der Waals surface area contributed by atoms with Crippen molar-refractivity contribution < 1.29 is 9.50 Å². The van der Waals surface area contributed by atoms with Crippen LogP contribution in [0.1, 0.15) is 44.1 Å². The Morgan fingerprint density at radius 2 is 1.89 bits per heavy atom. The van der Waals surface area contributed by atoms with Crippen LogP contribution in [0.3, 0.4) is 0 Å². The van der Waals surface area contributed by atoms with E-state index in [1.165, 1.54) is 18.9 Å². The Morgan fingerprint density at radius 3 is 2.53 bits per heavy atom. The van der Waals surface area contributed by atoms with Crippen molar-refractivity contribution in [2.45, 2.75) is 50.7 Å². The predicted octanol–water partition coefficient (Wildman–Crippen LogP) is 3.65. The number of benzene rings is 1. The summed E-state index contributed by atoms with van der Waals surface area (Å²) in [7, 11) is 0. The van der Waals surface area contributed by atoms with E-state index in [4.69, 9.17) is 11.6 Å². The van der Waals surface area contributed by atoms with Crippen molar-refractivity contribution in [2.75, 3.05) is 6.54 Å². The summed E-state index contributed by atoms with van der Waals surface area (Å²) in [6, 6.07) is 4.68. The van der Waals surface area contributed by atoms with Crippen LogP contribution in [-0.4, -0.2) is 17.3 Å². The number of halogens is 2. The summed E-state index contributed by atoms with van der Waals surface area (Å²) < 4.78 is 13.6. The highest BCUT2D eigenvalue weighted by atomic mass is 35.5. The third kappa shape index (κ3) is 4.44. The Bertz CT molecular complexity index is 417. The van der Waals surface area contributed by atoms with Gasteiger partial charge in [-0.1, -0.05) is 43.4 Å². The van der Waals surface area contributed by atoms with Gasteiger partial charge >= 0.3 is 0 Å². The molecule has 0 unspecified atom stereocenters. The third-order valence-corrected chi connectivity index (χ3v) is 4.05. The van der Waals surface area contributed by atoms with Gasteiger partial charge < -0.3 is 10.4 Å². The molecule has 2 nitrogen and oxygen atoms in total. The molecule has 1 aromatic carbocycles. The second kappa shape index (κ2) is 6.69. The largest absolute Gasteiger partial charge is 0.389 e. The molecule has 19 heavy (non-hydrogen) atoms. The van der Waals surface area contributed by atoms with Crippen LogP contribution in [0.2, 0.25) is 5.02 Å². The van der Waals surface area contributed by atoms with E-state index in [9.17, 15) is 9.50 Å². The second-order valence-corrected chi connectivity index (χ2v) is 5.91. The maximum Gasteiger partial charge on any atom is 0.129 e. The fourth-order valence-corrected chi connectivity index (χ4v) is 2.82. The minimum Gasteiger partial charge on any atom is -0.389 e. The summed E-state index contributed by atoms with van der Waals surface area (Å²) in [6.07, 6.45) is 6.23. The number of hydrogen-bond donors (Lipinski definition) is 2. The van der Waals surface area contributed by atoms with Gasteiger partial charge in [0, 0.05) is 23.7 Å². The van der Waals surface area contributed by atoms with Crippen LogP contribution in [0.15, 0.2) is 18.2 Å². The van der Waals surface area contributed by atoms with Crippen LogP contribution < -0.4 is 5.32 Å². The Labute approximate surface area is 119 Å². The minimum atomic E-state index is -0.626. The Balaban J connectivity index is 1.85. The quantitative estimate of drug-likeness (QED) is 0.828. The summed E-state index contributed by atoms with van der Waals surface area (Å²) in [5.41, 5.74) is -0.0408. The van der Waals surface area contributed by atoms with E-state index in [1.807, 2.05) is 0 Å². The summed E-state index contributed by atoms with van der Waals surface area (Å²) in [5, 5.41) is 14.0. The van der Waals surface area contributed by atoms with Gasteiger partial charge in [0.25, 0.3) is 0 Å². The number of nitrogens with one attached hydrogen (secondary N) is 1. The highest BCUT2D eigenvalue weighted by Gasteiger charge is 2.27. The molecule has 1 saturated carbocycles.